The third kappa shape index (κ3) is 3.68. The summed E-state index contributed by atoms with van der Waals surface area (Å²) in [5.41, 5.74) is 1.94. The summed E-state index contributed by atoms with van der Waals surface area (Å²) in [7, 11) is -3.74. The van der Waals surface area contributed by atoms with E-state index in [4.69, 9.17) is 9.88 Å². The molecule has 0 saturated heterocycles. The Labute approximate surface area is 123 Å². The van der Waals surface area contributed by atoms with Crippen molar-refractivity contribution in [1.82, 2.24) is 0 Å². The number of benzene rings is 2. The molecule has 0 heterocycles. The molecule has 0 radical (unpaired) electrons. The van der Waals surface area contributed by atoms with Crippen LogP contribution in [0.2, 0.25) is 0 Å². The van der Waals surface area contributed by atoms with Gasteiger partial charge in [-0.25, -0.2) is 18.4 Å². The van der Waals surface area contributed by atoms with Crippen molar-refractivity contribution in [3.05, 3.63) is 54.1 Å². The largest absolute Gasteiger partial charge is 0.462 e. The van der Waals surface area contributed by atoms with Crippen LogP contribution in [0, 0.1) is 0 Å². The van der Waals surface area contributed by atoms with E-state index in [1.807, 2.05) is 0 Å². The molecule has 0 saturated carbocycles. The summed E-state index contributed by atoms with van der Waals surface area (Å²) in [5.74, 6) is -0.387. The summed E-state index contributed by atoms with van der Waals surface area (Å²) in [6.07, 6.45) is 0. The molecule has 0 aliphatic carbocycles. The highest BCUT2D eigenvalue weighted by Gasteiger charge is 2.10. The number of sulfonamides is 1. The Bertz CT molecular complexity index is 751. The van der Waals surface area contributed by atoms with Crippen LogP contribution >= 0.6 is 0 Å². The van der Waals surface area contributed by atoms with Crippen LogP contribution in [0.5, 0.6) is 0 Å². The van der Waals surface area contributed by atoms with E-state index in [-0.39, 0.29) is 10.9 Å². The fourth-order valence-corrected chi connectivity index (χ4v) is 2.43. The molecule has 0 spiro atoms. The van der Waals surface area contributed by atoms with Crippen LogP contribution in [0.15, 0.2) is 53.4 Å². The van der Waals surface area contributed by atoms with Gasteiger partial charge in [-0.05, 0) is 42.3 Å². The molecule has 110 valence electrons. The third-order valence-corrected chi connectivity index (χ3v) is 3.80. The van der Waals surface area contributed by atoms with Gasteiger partial charge in [0, 0.05) is 0 Å². The molecular weight excluding hydrogens is 290 g/mol. The summed E-state index contributed by atoms with van der Waals surface area (Å²) in [6, 6.07) is 13.1. The maximum Gasteiger partial charge on any atom is 0.338 e. The Morgan fingerprint density at radius 1 is 1.10 bits per heavy atom. The number of carbonyl (C=O) groups is 1. The van der Waals surface area contributed by atoms with Crippen molar-refractivity contribution >= 4 is 16.0 Å². The van der Waals surface area contributed by atoms with E-state index in [0.29, 0.717) is 17.7 Å². The molecule has 6 heteroatoms. The molecule has 0 amide bonds. The minimum atomic E-state index is -3.74. The average molecular weight is 305 g/mol. The van der Waals surface area contributed by atoms with E-state index < -0.39 is 10.0 Å². The molecule has 2 rings (SSSR count). The lowest BCUT2D eigenvalue weighted by Gasteiger charge is -2.06. The van der Waals surface area contributed by atoms with Crippen molar-refractivity contribution in [2.24, 2.45) is 5.14 Å². The van der Waals surface area contributed by atoms with Crippen molar-refractivity contribution in [1.29, 1.82) is 0 Å². The van der Waals surface area contributed by atoms with Gasteiger partial charge in [0.05, 0.1) is 17.1 Å². The Hall–Kier alpha value is -2.18. The van der Waals surface area contributed by atoms with Crippen LogP contribution in [-0.4, -0.2) is 21.0 Å². The highest BCUT2D eigenvalue weighted by molar-refractivity contribution is 7.89. The van der Waals surface area contributed by atoms with Gasteiger partial charge in [-0.2, -0.15) is 0 Å². The highest BCUT2D eigenvalue weighted by atomic mass is 32.2. The van der Waals surface area contributed by atoms with E-state index in [1.54, 1.807) is 43.3 Å². The topological polar surface area (TPSA) is 86.5 Å². The standard InChI is InChI=1S/C15H15NO4S/c1-2-20-15(17)12-8-6-11(7-9-12)13-4-3-5-14(10-13)21(16,18)19/h3-10H,2H2,1H3,(H2,16,18,19). The number of esters is 1. The molecule has 2 N–H and O–H groups in total. The van der Waals surface area contributed by atoms with Gasteiger partial charge in [-0.1, -0.05) is 24.3 Å². The van der Waals surface area contributed by atoms with Gasteiger partial charge in [-0.15, -0.1) is 0 Å². The molecule has 2 aromatic carbocycles. The maximum absolute atomic E-state index is 11.6. The lowest BCUT2D eigenvalue weighted by Crippen LogP contribution is -2.11. The first-order valence-corrected chi connectivity index (χ1v) is 7.87. The van der Waals surface area contributed by atoms with Crippen molar-refractivity contribution in [2.75, 3.05) is 6.61 Å². The van der Waals surface area contributed by atoms with Gasteiger partial charge in [0.25, 0.3) is 0 Å². The van der Waals surface area contributed by atoms with E-state index >= 15 is 0 Å². The zero-order valence-corrected chi connectivity index (χ0v) is 12.3. The van der Waals surface area contributed by atoms with E-state index in [2.05, 4.69) is 0 Å². The lowest BCUT2D eigenvalue weighted by atomic mass is 10.0. The Balaban J connectivity index is 2.33. The summed E-state index contributed by atoms with van der Waals surface area (Å²) in [4.78, 5) is 11.6. The molecule has 0 aliphatic rings. The average Bonchev–Trinajstić information content (AvgIpc) is 2.47. The SMILES string of the molecule is CCOC(=O)c1ccc(-c2cccc(S(N)(=O)=O)c2)cc1. The van der Waals surface area contributed by atoms with Crippen LogP contribution in [-0.2, 0) is 14.8 Å². The number of carbonyl (C=O) groups excluding carboxylic acids is 1. The minimum Gasteiger partial charge on any atom is -0.462 e. The molecule has 5 nitrogen and oxygen atoms in total. The monoisotopic (exact) mass is 305 g/mol. The first kappa shape index (κ1) is 15.2. The second-order valence-corrected chi connectivity index (χ2v) is 5.93. The van der Waals surface area contributed by atoms with Crippen molar-refractivity contribution in [3.63, 3.8) is 0 Å². The molecule has 0 unspecified atom stereocenters. The number of ether oxygens (including phenoxy) is 1. The molecule has 21 heavy (non-hydrogen) atoms. The smallest absolute Gasteiger partial charge is 0.338 e. The van der Waals surface area contributed by atoms with Gasteiger partial charge in [0.1, 0.15) is 0 Å². The molecule has 0 fully saturated rings. The van der Waals surface area contributed by atoms with Crippen LogP contribution in [0.25, 0.3) is 11.1 Å². The second-order valence-electron chi connectivity index (χ2n) is 4.37. The number of rotatable bonds is 4. The first-order chi connectivity index (χ1) is 9.91. The number of nitrogens with two attached hydrogens (primary N) is 1. The van der Waals surface area contributed by atoms with Crippen molar-refractivity contribution in [2.45, 2.75) is 11.8 Å². The van der Waals surface area contributed by atoms with Gasteiger partial charge in [-0.3, -0.25) is 0 Å². The summed E-state index contributed by atoms with van der Waals surface area (Å²) in [6.45, 7) is 2.06. The van der Waals surface area contributed by atoms with Crippen molar-refractivity contribution < 1.29 is 17.9 Å². The first-order valence-electron chi connectivity index (χ1n) is 6.32. The zero-order valence-electron chi connectivity index (χ0n) is 11.4. The highest BCUT2D eigenvalue weighted by Crippen LogP contribution is 2.22. The molecular formula is C15H15NO4S. The van der Waals surface area contributed by atoms with E-state index in [9.17, 15) is 13.2 Å². The molecule has 0 aliphatic heterocycles. The van der Waals surface area contributed by atoms with Gasteiger partial charge >= 0.3 is 5.97 Å². The van der Waals surface area contributed by atoms with Gasteiger partial charge in [0.2, 0.25) is 10.0 Å². The second kappa shape index (κ2) is 6.07. The number of hydrogen-bond acceptors (Lipinski definition) is 4. The Kier molecular flexibility index (Phi) is 4.40. The maximum atomic E-state index is 11.6. The Morgan fingerprint density at radius 2 is 1.76 bits per heavy atom. The van der Waals surface area contributed by atoms with Crippen LogP contribution in [0.4, 0.5) is 0 Å². The fraction of sp³-hybridized carbons (Fsp3) is 0.133. The predicted octanol–water partition coefficient (Wildman–Crippen LogP) is 2.18. The van der Waals surface area contributed by atoms with Gasteiger partial charge < -0.3 is 4.74 Å². The van der Waals surface area contributed by atoms with Crippen molar-refractivity contribution in [3.8, 4) is 11.1 Å². The molecule has 0 atom stereocenters. The Morgan fingerprint density at radius 3 is 2.33 bits per heavy atom. The summed E-state index contributed by atoms with van der Waals surface area (Å²) >= 11 is 0. The molecule has 0 bridgehead atoms. The van der Waals surface area contributed by atoms with Crippen LogP contribution in [0.3, 0.4) is 0 Å². The lowest BCUT2D eigenvalue weighted by molar-refractivity contribution is 0.0526. The molecule has 2 aromatic rings. The number of primary sulfonamides is 1. The normalized spacial score (nSPS) is 11.1. The van der Waals surface area contributed by atoms with Crippen LogP contribution < -0.4 is 5.14 Å². The summed E-state index contributed by atoms with van der Waals surface area (Å²) < 4.78 is 27.6. The van der Waals surface area contributed by atoms with Gasteiger partial charge in [0.15, 0.2) is 0 Å². The zero-order chi connectivity index (χ0) is 15.5. The van der Waals surface area contributed by atoms with E-state index in [1.165, 1.54) is 12.1 Å². The molecule has 0 aromatic heterocycles. The predicted molar refractivity (Wildman–Crippen MR) is 79.2 cm³/mol. The van der Waals surface area contributed by atoms with E-state index in [0.717, 1.165) is 5.56 Å². The van der Waals surface area contributed by atoms with Crippen LogP contribution in [0.1, 0.15) is 17.3 Å². The quantitative estimate of drug-likeness (QED) is 0.877. The fourth-order valence-electron chi connectivity index (χ4n) is 1.87. The minimum absolute atomic E-state index is 0.0504. The summed E-state index contributed by atoms with van der Waals surface area (Å²) in [5, 5.41) is 5.11. The number of hydrogen-bond donors (Lipinski definition) is 1. The third-order valence-electron chi connectivity index (χ3n) is 2.89.